The van der Waals surface area contributed by atoms with E-state index in [1.54, 1.807) is 16.8 Å². The molecule has 0 aliphatic rings. The summed E-state index contributed by atoms with van der Waals surface area (Å²) in [5, 5.41) is 4.80. The number of halogens is 2. The van der Waals surface area contributed by atoms with Crippen molar-refractivity contribution in [3.63, 3.8) is 0 Å². The molecular formula is C28H20F2N4Pt. The second-order valence-electron chi connectivity index (χ2n) is 8.40. The van der Waals surface area contributed by atoms with Crippen LogP contribution in [-0.4, -0.2) is 19.7 Å². The van der Waals surface area contributed by atoms with Crippen LogP contribution in [0.4, 0.5) is 8.78 Å². The SMILES string of the molecule is CC(C)(c1cccc(-c2[c-]cc(F)nc2F)n1)c1ccn(-c2[c-]ccc(-c3ccccc3)c2)n1.[Pt+2]. The van der Waals surface area contributed by atoms with Gasteiger partial charge in [0.15, 0.2) is 0 Å². The van der Waals surface area contributed by atoms with Crippen LogP contribution < -0.4 is 0 Å². The summed E-state index contributed by atoms with van der Waals surface area (Å²) in [6.07, 6.45) is 1.89. The number of hydrogen-bond donors (Lipinski definition) is 0. The Kier molecular flexibility index (Phi) is 7.04. The van der Waals surface area contributed by atoms with E-state index in [9.17, 15) is 8.78 Å². The first-order chi connectivity index (χ1) is 16.4. The van der Waals surface area contributed by atoms with Crippen LogP contribution in [0, 0.1) is 24.0 Å². The molecule has 0 aliphatic heterocycles. The van der Waals surface area contributed by atoms with E-state index in [-0.39, 0.29) is 26.6 Å². The van der Waals surface area contributed by atoms with E-state index in [0.717, 1.165) is 28.6 Å². The van der Waals surface area contributed by atoms with Crippen molar-refractivity contribution < 1.29 is 29.8 Å². The average Bonchev–Trinajstić information content (AvgIpc) is 3.36. The smallest absolute Gasteiger partial charge is 0.300 e. The van der Waals surface area contributed by atoms with Gasteiger partial charge in [-0.15, -0.1) is 17.7 Å². The van der Waals surface area contributed by atoms with E-state index in [0.29, 0.717) is 11.4 Å². The molecule has 2 aromatic carbocycles. The fourth-order valence-electron chi connectivity index (χ4n) is 3.79. The van der Waals surface area contributed by atoms with Gasteiger partial charge in [0, 0.05) is 11.9 Å². The number of aromatic nitrogens is 4. The van der Waals surface area contributed by atoms with Crippen molar-refractivity contribution in [1.29, 1.82) is 0 Å². The van der Waals surface area contributed by atoms with Crippen molar-refractivity contribution in [2.75, 3.05) is 0 Å². The minimum absolute atomic E-state index is 0. The molecule has 0 N–H and O–H groups in total. The Balaban J connectivity index is 0.00000289. The average molecular weight is 646 g/mol. The molecule has 4 nitrogen and oxygen atoms in total. The van der Waals surface area contributed by atoms with Crippen LogP contribution in [0.5, 0.6) is 0 Å². The summed E-state index contributed by atoms with van der Waals surface area (Å²) in [4.78, 5) is 7.87. The van der Waals surface area contributed by atoms with Gasteiger partial charge in [-0.2, -0.15) is 23.3 Å². The number of nitrogens with zero attached hydrogens (tertiary/aromatic N) is 4. The largest absolute Gasteiger partial charge is 2.00 e. The Morgan fingerprint density at radius 2 is 1.63 bits per heavy atom. The zero-order chi connectivity index (χ0) is 23.7. The molecule has 5 aromatic rings. The molecule has 3 aromatic heterocycles. The molecular weight excluding hydrogens is 625 g/mol. The van der Waals surface area contributed by atoms with Crippen LogP contribution in [0.2, 0.25) is 0 Å². The molecule has 0 atom stereocenters. The van der Waals surface area contributed by atoms with Gasteiger partial charge >= 0.3 is 21.1 Å². The molecule has 7 heteroatoms. The van der Waals surface area contributed by atoms with Gasteiger partial charge in [-0.25, -0.2) is 8.78 Å². The van der Waals surface area contributed by atoms with E-state index >= 15 is 0 Å². The molecule has 0 spiro atoms. The summed E-state index contributed by atoms with van der Waals surface area (Å²) in [5.74, 6) is -1.86. The van der Waals surface area contributed by atoms with Crippen LogP contribution in [0.1, 0.15) is 25.2 Å². The summed E-state index contributed by atoms with van der Waals surface area (Å²) >= 11 is 0. The van der Waals surface area contributed by atoms with Gasteiger partial charge in [-0.1, -0.05) is 54.1 Å². The summed E-state index contributed by atoms with van der Waals surface area (Å²) < 4.78 is 29.2. The molecule has 0 amide bonds. The number of pyridine rings is 2. The predicted octanol–water partition coefficient (Wildman–Crippen LogP) is 6.20. The fourth-order valence-corrected chi connectivity index (χ4v) is 3.79. The Labute approximate surface area is 217 Å². The molecule has 0 aliphatic carbocycles. The second kappa shape index (κ2) is 10.0. The Bertz CT molecular complexity index is 1470. The third-order valence-corrected chi connectivity index (χ3v) is 5.76. The second-order valence-corrected chi connectivity index (χ2v) is 8.40. The van der Waals surface area contributed by atoms with Crippen molar-refractivity contribution in [3.8, 4) is 28.1 Å². The standard InChI is InChI=1S/C28H20F2N4.Pt/c1-28(2,24-13-7-12-23(31-24)22-14-15-26(29)32-27(22)30)25-16-17-34(33-25)21-11-6-10-20(18-21)19-8-4-3-5-9-19;/h3-10,12-13,15-18H,1-2H3;/q-2;+2. The molecule has 0 unspecified atom stereocenters. The third-order valence-electron chi connectivity index (χ3n) is 5.76. The zero-order valence-electron chi connectivity index (χ0n) is 18.9. The van der Waals surface area contributed by atoms with E-state index in [4.69, 9.17) is 5.10 Å². The molecule has 0 radical (unpaired) electrons. The minimum Gasteiger partial charge on any atom is -0.300 e. The monoisotopic (exact) mass is 645 g/mol. The van der Waals surface area contributed by atoms with Crippen LogP contribution in [0.3, 0.4) is 0 Å². The Morgan fingerprint density at radius 3 is 2.40 bits per heavy atom. The molecule has 0 saturated carbocycles. The van der Waals surface area contributed by atoms with Crippen LogP contribution >= 0.6 is 0 Å². The van der Waals surface area contributed by atoms with Crippen LogP contribution in [0.15, 0.2) is 85.1 Å². The molecule has 0 fully saturated rings. The van der Waals surface area contributed by atoms with E-state index in [2.05, 4.69) is 34.2 Å². The van der Waals surface area contributed by atoms with Gasteiger partial charge in [0.25, 0.3) is 0 Å². The van der Waals surface area contributed by atoms with E-state index in [1.807, 2.05) is 68.6 Å². The predicted molar refractivity (Wildman–Crippen MR) is 126 cm³/mol. The summed E-state index contributed by atoms with van der Waals surface area (Å²) in [6, 6.07) is 30.1. The van der Waals surface area contributed by atoms with Crippen molar-refractivity contribution in [2.24, 2.45) is 0 Å². The molecule has 5 rings (SSSR count). The van der Waals surface area contributed by atoms with Crippen LogP contribution in [-0.2, 0) is 26.5 Å². The first-order valence-electron chi connectivity index (χ1n) is 10.8. The maximum Gasteiger partial charge on any atom is 2.00 e. The third kappa shape index (κ3) is 4.98. The Morgan fingerprint density at radius 1 is 0.829 bits per heavy atom. The maximum atomic E-state index is 14.2. The van der Waals surface area contributed by atoms with E-state index in [1.165, 1.54) is 0 Å². The number of hydrogen-bond acceptors (Lipinski definition) is 3. The molecule has 0 saturated heterocycles. The van der Waals surface area contributed by atoms with Gasteiger partial charge in [0.1, 0.15) is 11.9 Å². The topological polar surface area (TPSA) is 43.6 Å². The van der Waals surface area contributed by atoms with Crippen molar-refractivity contribution in [1.82, 2.24) is 19.7 Å². The molecule has 35 heavy (non-hydrogen) atoms. The quantitative estimate of drug-likeness (QED) is 0.169. The molecule has 0 bridgehead atoms. The van der Waals surface area contributed by atoms with Gasteiger partial charge in [0.2, 0.25) is 0 Å². The Hall–Kier alpha value is -3.50. The summed E-state index contributed by atoms with van der Waals surface area (Å²) in [5.41, 5.74) is 4.26. The van der Waals surface area contributed by atoms with Gasteiger partial charge in [-0.05, 0) is 42.9 Å². The normalized spacial score (nSPS) is 11.2. The van der Waals surface area contributed by atoms with Gasteiger partial charge in [0.05, 0.1) is 11.1 Å². The fraction of sp³-hybridized carbons (Fsp3) is 0.107. The summed E-state index contributed by atoms with van der Waals surface area (Å²) in [6.45, 7) is 4.00. The molecule has 3 heterocycles. The van der Waals surface area contributed by atoms with E-state index < -0.39 is 17.3 Å². The summed E-state index contributed by atoms with van der Waals surface area (Å²) in [7, 11) is 0. The van der Waals surface area contributed by atoms with Crippen molar-refractivity contribution in [2.45, 2.75) is 19.3 Å². The molecule has 176 valence electrons. The van der Waals surface area contributed by atoms with Crippen molar-refractivity contribution >= 4 is 0 Å². The maximum absolute atomic E-state index is 14.2. The first kappa shape index (κ1) is 24.6. The first-order valence-corrected chi connectivity index (χ1v) is 10.8. The number of benzene rings is 2. The van der Waals surface area contributed by atoms with Crippen molar-refractivity contribution in [3.05, 3.63) is 120 Å². The van der Waals surface area contributed by atoms with Gasteiger partial charge in [-0.3, -0.25) is 9.67 Å². The number of rotatable bonds is 5. The van der Waals surface area contributed by atoms with Gasteiger partial charge < -0.3 is 4.98 Å². The zero-order valence-corrected chi connectivity index (χ0v) is 21.2. The van der Waals surface area contributed by atoms with Crippen LogP contribution in [0.25, 0.3) is 28.1 Å². The minimum atomic E-state index is -0.944.